The molecule has 2 unspecified atom stereocenters. The number of likely N-dealkylation sites (N-methyl/N-ethyl adjacent to an activating group) is 3. The summed E-state index contributed by atoms with van der Waals surface area (Å²) >= 11 is 0. The molecular formula is C15H26N4. The molecule has 1 aromatic heterocycles. The van der Waals surface area contributed by atoms with Crippen molar-refractivity contribution in [3.63, 3.8) is 0 Å². The zero-order valence-electron chi connectivity index (χ0n) is 12.3. The minimum Gasteiger partial charge on any atom is -0.315 e. The van der Waals surface area contributed by atoms with E-state index in [0.717, 1.165) is 13.0 Å². The van der Waals surface area contributed by atoms with E-state index >= 15 is 0 Å². The average molecular weight is 262 g/mol. The normalized spacial score (nSPS) is 24.1. The summed E-state index contributed by atoms with van der Waals surface area (Å²) in [5.41, 5.74) is 1.31. The molecule has 0 radical (unpaired) electrons. The minimum atomic E-state index is 0.467. The van der Waals surface area contributed by atoms with Crippen LogP contribution < -0.4 is 5.32 Å². The lowest BCUT2D eigenvalue weighted by Gasteiger charge is -2.34. The van der Waals surface area contributed by atoms with Crippen LogP contribution in [0.25, 0.3) is 0 Å². The lowest BCUT2D eigenvalue weighted by Crippen LogP contribution is -2.52. The number of aromatic nitrogens is 1. The number of pyridine rings is 1. The number of rotatable bonds is 4. The molecule has 0 spiro atoms. The van der Waals surface area contributed by atoms with Crippen LogP contribution in [0.2, 0.25) is 0 Å². The van der Waals surface area contributed by atoms with Crippen molar-refractivity contribution in [2.45, 2.75) is 24.9 Å². The summed E-state index contributed by atoms with van der Waals surface area (Å²) in [7, 11) is 6.54. The van der Waals surface area contributed by atoms with Gasteiger partial charge in [-0.15, -0.1) is 0 Å². The first kappa shape index (κ1) is 14.4. The molecule has 19 heavy (non-hydrogen) atoms. The molecule has 2 heterocycles. The maximum atomic E-state index is 4.22. The van der Waals surface area contributed by atoms with Crippen molar-refractivity contribution in [3.05, 3.63) is 30.1 Å². The number of nitrogens with zero attached hydrogens (tertiary/aromatic N) is 3. The first-order chi connectivity index (χ1) is 9.20. The molecule has 4 nitrogen and oxygen atoms in total. The van der Waals surface area contributed by atoms with Crippen molar-refractivity contribution in [1.82, 2.24) is 20.1 Å². The van der Waals surface area contributed by atoms with Crippen LogP contribution >= 0.6 is 0 Å². The van der Waals surface area contributed by atoms with Crippen LogP contribution in [0.3, 0.4) is 0 Å². The highest BCUT2D eigenvalue weighted by Gasteiger charge is 2.27. The summed E-state index contributed by atoms with van der Waals surface area (Å²) < 4.78 is 0. The smallest absolute Gasteiger partial charge is 0.0376 e. The molecule has 1 aliphatic rings. The molecule has 0 amide bonds. The van der Waals surface area contributed by atoms with Crippen LogP contribution in [-0.2, 0) is 6.42 Å². The molecule has 0 bridgehead atoms. The van der Waals surface area contributed by atoms with Crippen molar-refractivity contribution >= 4 is 0 Å². The summed E-state index contributed by atoms with van der Waals surface area (Å²) in [5.74, 6) is 0. The lowest BCUT2D eigenvalue weighted by molar-refractivity contribution is 0.181. The Balaban J connectivity index is 2.06. The van der Waals surface area contributed by atoms with Crippen LogP contribution in [0, 0.1) is 0 Å². The van der Waals surface area contributed by atoms with Gasteiger partial charge in [-0.3, -0.25) is 4.98 Å². The first-order valence-electron chi connectivity index (χ1n) is 7.15. The number of nitrogens with one attached hydrogen (secondary N) is 1. The monoisotopic (exact) mass is 262 g/mol. The highest BCUT2D eigenvalue weighted by molar-refractivity contribution is 5.11. The molecule has 2 atom stereocenters. The van der Waals surface area contributed by atoms with E-state index in [1.807, 2.05) is 18.5 Å². The van der Waals surface area contributed by atoms with Crippen molar-refractivity contribution in [3.8, 4) is 0 Å². The van der Waals surface area contributed by atoms with E-state index in [1.54, 1.807) is 0 Å². The SMILES string of the molecule is CNC(Cc1cccnc1)C1CN(C)CCCN1C. The van der Waals surface area contributed by atoms with Gasteiger partial charge in [0.1, 0.15) is 0 Å². The summed E-state index contributed by atoms with van der Waals surface area (Å²) in [6.07, 6.45) is 6.11. The molecule has 1 aromatic rings. The van der Waals surface area contributed by atoms with Crippen molar-refractivity contribution in [2.75, 3.05) is 40.8 Å². The Kier molecular flexibility index (Phi) is 5.31. The zero-order chi connectivity index (χ0) is 13.7. The van der Waals surface area contributed by atoms with E-state index in [0.29, 0.717) is 12.1 Å². The fourth-order valence-electron chi connectivity index (χ4n) is 2.94. The predicted molar refractivity (Wildman–Crippen MR) is 79.3 cm³/mol. The Hall–Kier alpha value is -0.970. The third-order valence-electron chi connectivity index (χ3n) is 4.13. The second kappa shape index (κ2) is 6.98. The van der Waals surface area contributed by atoms with Crippen molar-refractivity contribution in [2.24, 2.45) is 0 Å². The second-order valence-electron chi connectivity index (χ2n) is 5.62. The number of hydrogen-bond acceptors (Lipinski definition) is 4. The van der Waals surface area contributed by atoms with E-state index in [-0.39, 0.29) is 0 Å². The Morgan fingerprint density at radius 1 is 1.42 bits per heavy atom. The minimum absolute atomic E-state index is 0.467. The van der Waals surface area contributed by atoms with Gasteiger partial charge in [-0.1, -0.05) is 6.07 Å². The van der Waals surface area contributed by atoms with Gasteiger partial charge in [0, 0.05) is 31.0 Å². The van der Waals surface area contributed by atoms with Gasteiger partial charge < -0.3 is 15.1 Å². The van der Waals surface area contributed by atoms with Crippen LogP contribution in [0.5, 0.6) is 0 Å². The second-order valence-corrected chi connectivity index (χ2v) is 5.62. The maximum absolute atomic E-state index is 4.22. The van der Waals surface area contributed by atoms with E-state index < -0.39 is 0 Å². The summed E-state index contributed by atoms with van der Waals surface area (Å²) in [4.78, 5) is 9.17. The standard InChI is InChI=1S/C15H26N4/c1-16-14(10-13-6-4-7-17-11-13)15-12-18(2)8-5-9-19(15)3/h4,6-7,11,14-16H,5,8-10,12H2,1-3H3. The topological polar surface area (TPSA) is 31.4 Å². The fraction of sp³-hybridized carbons (Fsp3) is 0.667. The summed E-state index contributed by atoms with van der Waals surface area (Å²) in [6, 6.07) is 5.20. The number of hydrogen-bond donors (Lipinski definition) is 1. The first-order valence-corrected chi connectivity index (χ1v) is 7.15. The van der Waals surface area contributed by atoms with E-state index in [2.05, 4.69) is 47.3 Å². The van der Waals surface area contributed by atoms with Crippen molar-refractivity contribution < 1.29 is 0 Å². The maximum Gasteiger partial charge on any atom is 0.0376 e. The fourth-order valence-corrected chi connectivity index (χ4v) is 2.94. The lowest BCUT2D eigenvalue weighted by atomic mass is 9.99. The van der Waals surface area contributed by atoms with Crippen LogP contribution in [0.4, 0.5) is 0 Å². The molecule has 4 heteroatoms. The largest absolute Gasteiger partial charge is 0.315 e. The van der Waals surface area contributed by atoms with Gasteiger partial charge in [0.05, 0.1) is 0 Å². The highest BCUT2D eigenvalue weighted by Crippen LogP contribution is 2.14. The third-order valence-corrected chi connectivity index (χ3v) is 4.13. The summed E-state index contributed by atoms with van der Waals surface area (Å²) in [6.45, 7) is 3.51. The molecule has 0 aliphatic carbocycles. The van der Waals surface area contributed by atoms with Crippen molar-refractivity contribution in [1.29, 1.82) is 0 Å². The highest BCUT2D eigenvalue weighted by atomic mass is 15.2. The predicted octanol–water partition coefficient (Wildman–Crippen LogP) is 0.848. The molecule has 1 N–H and O–H groups in total. The molecular weight excluding hydrogens is 236 g/mol. The Labute approximate surface area is 116 Å². The quantitative estimate of drug-likeness (QED) is 0.871. The van der Waals surface area contributed by atoms with Gasteiger partial charge in [0.2, 0.25) is 0 Å². The Bertz CT molecular complexity index is 368. The Morgan fingerprint density at radius 2 is 2.26 bits per heavy atom. The molecule has 1 aliphatic heterocycles. The van der Waals surface area contributed by atoms with Gasteiger partial charge >= 0.3 is 0 Å². The summed E-state index contributed by atoms with van der Waals surface area (Å²) in [5, 5.41) is 3.50. The van der Waals surface area contributed by atoms with Crippen LogP contribution in [0.15, 0.2) is 24.5 Å². The van der Waals surface area contributed by atoms with E-state index in [9.17, 15) is 0 Å². The van der Waals surface area contributed by atoms with E-state index in [1.165, 1.54) is 25.1 Å². The van der Waals surface area contributed by atoms with E-state index in [4.69, 9.17) is 0 Å². The van der Waals surface area contributed by atoms with Crippen LogP contribution in [0.1, 0.15) is 12.0 Å². The van der Waals surface area contributed by atoms with Gasteiger partial charge in [0.25, 0.3) is 0 Å². The molecule has 2 rings (SSSR count). The Morgan fingerprint density at radius 3 is 2.95 bits per heavy atom. The molecule has 106 valence electrons. The molecule has 0 aromatic carbocycles. The molecule has 0 saturated carbocycles. The van der Waals surface area contributed by atoms with Gasteiger partial charge in [0.15, 0.2) is 0 Å². The van der Waals surface area contributed by atoms with Gasteiger partial charge in [-0.25, -0.2) is 0 Å². The molecule has 1 fully saturated rings. The van der Waals surface area contributed by atoms with Gasteiger partial charge in [-0.05, 0) is 58.7 Å². The zero-order valence-corrected chi connectivity index (χ0v) is 12.3. The average Bonchev–Trinajstić information content (AvgIpc) is 2.59. The van der Waals surface area contributed by atoms with Gasteiger partial charge in [-0.2, -0.15) is 0 Å². The third kappa shape index (κ3) is 4.00. The van der Waals surface area contributed by atoms with Crippen LogP contribution in [-0.4, -0.2) is 67.6 Å². The molecule has 1 saturated heterocycles.